The van der Waals surface area contributed by atoms with Crippen LogP contribution in [-0.2, 0) is 13.2 Å². The lowest BCUT2D eigenvalue weighted by Crippen LogP contribution is -2.14. The van der Waals surface area contributed by atoms with E-state index in [4.69, 9.17) is 4.74 Å². The molecule has 0 atom stereocenters. The number of hydrogen-bond donors (Lipinski definition) is 1. The molecule has 1 aromatic carbocycles. The minimum Gasteiger partial charge on any atom is -0.484 e. The van der Waals surface area contributed by atoms with E-state index in [9.17, 15) is 8.78 Å². The monoisotopic (exact) mass is 292 g/mol. The van der Waals surface area contributed by atoms with Crippen LogP contribution < -0.4 is 10.1 Å². The molecule has 0 spiro atoms. The van der Waals surface area contributed by atoms with Crippen LogP contribution in [0, 0.1) is 11.6 Å². The van der Waals surface area contributed by atoms with Crippen LogP contribution >= 0.6 is 0 Å². The van der Waals surface area contributed by atoms with Gasteiger partial charge >= 0.3 is 0 Å². The number of hydrogen-bond acceptors (Lipinski definition) is 3. The fourth-order valence-electron chi connectivity index (χ4n) is 1.80. The second-order valence-electron chi connectivity index (χ2n) is 4.68. The van der Waals surface area contributed by atoms with Gasteiger partial charge in [0.2, 0.25) is 5.82 Å². The molecule has 0 saturated heterocycles. The maximum atomic E-state index is 13.4. The maximum absolute atomic E-state index is 13.4. The number of pyridine rings is 1. The second-order valence-corrected chi connectivity index (χ2v) is 4.68. The molecule has 0 saturated carbocycles. The summed E-state index contributed by atoms with van der Waals surface area (Å²) in [6.07, 6.45) is 2.84. The quantitative estimate of drug-likeness (QED) is 0.794. The molecule has 2 rings (SSSR count). The Morgan fingerprint density at radius 2 is 2.05 bits per heavy atom. The van der Waals surface area contributed by atoms with Crippen LogP contribution in [-0.4, -0.2) is 11.5 Å². The summed E-state index contributed by atoms with van der Waals surface area (Å²) in [5.74, 6) is -2.00. The first-order valence-electron chi connectivity index (χ1n) is 6.92. The number of nitrogens with one attached hydrogen (secondary N) is 1. The van der Waals surface area contributed by atoms with Crippen molar-refractivity contribution in [2.45, 2.75) is 26.5 Å². The fraction of sp³-hybridized carbons (Fsp3) is 0.312. The lowest BCUT2D eigenvalue weighted by Gasteiger charge is -2.08. The zero-order valence-corrected chi connectivity index (χ0v) is 11.9. The molecule has 1 N–H and O–H groups in total. The first-order chi connectivity index (χ1) is 10.2. The van der Waals surface area contributed by atoms with E-state index in [0.717, 1.165) is 31.1 Å². The average Bonchev–Trinajstić information content (AvgIpc) is 2.50. The van der Waals surface area contributed by atoms with Gasteiger partial charge in [-0.15, -0.1) is 0 Å². The van der Waals surface area contributed by atoms with Crippen molar-refractivity contribution >= 4 is 0 Å². The average molecular weight is 292 g/mol. The molecule has 0 amide bonds. The molecule has 0 unspecified atom stereocenters. The predicted molar refractivity (Wildman–Crippen MR) is 76.9 cm³/mol. The molecule has 0 aliphatic heterocycles. The van der Waals surface area contributed by atoms with E-state index in [1.165, 1.54) is 12.1 Å². The van der Waals surface area contributed by atoms with E-state index >= 15 is 0 Å². The topological polar surface area (TPSA) is 34.1 Å². The van der Waals surface area contributed by atoms with Gasteiger partial charge in [0.25, 0.3) is 0 Å². The zero-order chi connectivity index (χ0) is 15.1. The van der Waals surface area contributed by atoms with E-state index in [1.54, 1.807) is 6.20 Å². The standard InChI is InChI=1S/C16H18F2N2O/c1-2-8-19-9-12-6-7-13(20-10-12)11-21-15-5-3-4-14(17)16(15)18/h3-7,10,19H,2,8-9,11H2,1H3. The third kappa shape index (κ3) is 4.49. The first kappa shape index (κ1) is 15.4. The summed E-state index contributed by atoms with van der Waals surface area (Å²) in [5.41, 5.74) is 1.74. The molecule has 2 aromatic rings. The van der Waals surface area contributed by atoms with E-state index in [0.29, 0.717) is 5.69 Å². The largest absolute Gasteiger partial charge is 0.484 e. The predicted octanol–water partition coefficient (Wildman–Crippen LogP) is 3.44. The SMILES string of the molecule is CCCNCc1ccc(COc2cccc(F)c2F)nc1. The molecule has 3 nitrogen and oxygen atoms in total. The lowest BCUT2D eigenvalue weighted by molar-refractivity contribution is 0.280. The molecule has 112 valence electrons. The molecular formula is C16H18F2N2O. The van der Waals surface area contributed by atoms with Crippen LogP contribution in [0.2, 0.25) is 0 Å². The molecule has 1 heterocycles. The van der Waals surface area contributed by atoms with Crippen molar-refractivity contribution in [3.05, 3.63) is 59.4 Å². The number of ether oxygens (including phenoxy) is 1. The molecular weight excluding hydrogens is 274 g/mol. The van der Waals surface area contributed by atoms with Gasteiger partial charge in [0.15, 0.2) is 11.6 Å². The van der Waals surface area contributed by atoms with Crippen molar-refractivity contribution in [1.82, 2.24) is 10.3 Å². The smallest absolute Gasteiger partial charge is 0.200 e. The van der Waals surface area contributed by atoms with Crippen LogP contribution in [0.5, 0.6) is 5.75 Å². The Kier molecular flexibility index (Phi) is 5.63. The van der Waals surface area contributed by atoms with Gasteiger partial charge in [-0.2, -0.15) is 4.39 Å². The summed E-state index contributed by atoms with van der Waals surface area (Å²) in [6, 6.07) is 7.61. The van der Waals surface area contributed by atoms with Gasteiger partial charge in [-0.25, -0.2) is 4.39 Å². The number of rotatable bonds is 7. The highest BCUT2D eigenvalue weighted by Gasteiger charge is 2.08. The molecule has 0 aliphatic rings. The fourth-order valence-corrected chi connectivity index (χ4v) is 1.80. The first-order valence-corrected chi connectivity index (χ1v) is 6.92. The summed E-state index contributed by atoms with van der Waals surface area (Å²) in [4.78, 5) is 4.24. The van der Waals surface area contributed by atoms with Crippen LogP contribution in [0.4, 0.5) is 8.78 Å². The van der Waals surface area contributed by atoms with Crippen LogP contribution in [0.1, 0.15) is 24.6 Å². The van der Waals surface area contributed by atoms with Crippen molar-refractivity contribution in [2.24, 2.45) is 0 Å². The van der Waals surface area contributed by atoms with E-state index in [-0.39, 0.29) is 12.4 Å². The third-order valence-corrected chi connectivity index (χ3v) is 2.93. The van der Waals surface area contributed by atoms with Gasteiger partial charge in [-0.05, 0) is 36.7 Å². The van der Waals surface area contributed by atoms with Crippen molar-refractivity contribution in [2.75, 3.05) is 6.54 Å². The van der Waals surface area contributed by atoms with Gasteiger partial charge in [0, 0.05) is 12.7 Å². The van der Waals surface area contributed by atoms with Gasteiger partial charge in [0.05, 0.1) is 5.69 Å². The minimum absolute atomic E-state index is 0.100. The normalized spacial score (nSPS) is 10.6. The van der Waals surface area contributed by atoms with Crippen LogP contribution in [0.15, 0.2) is 36.5 Å². The summed E-state index contributed by atoms with van der Waals surface area (Å²) in [5, 5.41) is 3.28. The molecule has 0 fully saturated rings. The Bertz CT molecular complexity index is 573. The maximum Gasteiger partial charge on any atom is 0.200 e. The highest BCUT2D eigenvalue weighted by molar-refractivity contribution is 5.25. The van der Waals surface area contributed by atoms with Gasteiger partial charge in [-0.1, -0.05) is 19.1 Å². The number of benzene rings is 1. The third-order valence-electron chi connectivity index (χ3n) is 2.93. The summed E-state index contributed by atoms with van der Waals surface area (Å²) < 4.78 is 31.7. The Balaban J connectivity index is 1.90. The molecule has 21 heavy (non-hydrogen) atoms. The Labute approximate surface area is 123 Å². The minimum atomic E-state index is -0.974. The highest BCUT2D eigenvalue weighted by Crippen LogP contribution is 2.20. The van der Waals surface area contributed by atoms with Gasteiger partial charge < -0.3 is 10.1 Å². The molecule has 1 aromatic heterocycles. The van der Waals surface area contributed by atoms with Crippen molar-refractivity contribution < 1.29 is 13.5 Å². The summed E-state index contributed by atoms with van der Waals surface area (Å²) >= 11 is 0. The summed E-state index contributed by atoms with van der Waals surface area (Å²) in [6.45, 7) is 3.94. The molecule has 0 bridgehead atoms. The van der Waals surface area contributed by atoms with E-state index < -0.39 is 11.6 Å². The molecule has 5 heteroatoms. The van der Waals surface area contributed by atoms with E-state index in [2.05, 4.69) is 17.2 Å². The Hall–Kier alpha value is -2.01. The zero-order valence-electron chi connectivity index (χ0n) is 11.9. The number of halogens is 2. The molecule has 0 radical (unpaired) electrons. The van der Waals surface area contributed by atoms with Crippen LogP contribution in [0.3, 0.4) is 0 Å². The Morgan fingerprint density at radius 3 is 2.76 bits per heavy atom. The van der Waals surface area contributed by atoms with E-state index in [1.807, 2.05) is 12.1 Å². The van der Waals surface area contributed by atoms with Crippen molar-refractivity contribution in [1.29, 1.82) is 0 Å². The van der Waals surface area contributed by atoms with Gasteiger partial charge in [0.1, 0.15) is 6.61 Å². The van der Waals surface area contributed by atoms with Crippen molar-refractivity contribution in [3.8, 4) is 5.75 Å². The number of aromatic nitrogens is 1. The van der Waals surface area contributed by atoms with Crippen LogP contribution in [0.25, 0.3) is 0 Å². The molecule has 0 aliphatic carbocycles. The number of nitrogens with zero attached hydrogens (tertiary/aromatic N) is 1. The van der Waals surface area contributed by atoms with Crippen molar-refractivity contribution in [3.63, 3.8) is 0 Å². The second kappa shape index (κ2) is 7.69. The Morgan fingerprint density at radius 1 is 1.19 bits per heavy atom. The lowest BCUT2D eigenvalue weighted by atomic mass is 10.2. The highest BCUT2D eigenvalue weighted by atomic mass is 19.2. The van der Waals surface area contributed by atoms with Gasteiger partial charge in [-0.3, -0.25) is 4.98 Å². The summed E-state index contributed by atoms with van der Waals surface area (Å²) in [7, 11) is 0.